The molecule has 0 aliphatic carbocycles. The van der Waals surface area contributed by atoms with Crippen LogP contribution in [0.25, 0.3) is 0 Å². The molecular weight excluding hydrogens is 222 g/mol. The standard InChI is InChI=1S/C12H17NO4/c1-9(17-8-7-16-2)12(15)13-10-5-3-4-6-11(10)14/h3-6,9,14H,7-8H2,1-2H3,(H,13,15). The molecule has 0 saturated heterocycles. The van der Waals surface area contributed by atoms with Crippen molar-refractivity contribution in [2.24, 2.45) is 0 Å². The number of para-hydroxylation sites is 2. The van der Waals surface area contributed by atoms with Crippen LogP contribution < -0.4 is 5.32 Å². The van der Waals surface area contributed by atoms with Gasteiger partial charge in [0.1, 0.15) is 11.9 Å². The molecule has 1 atom stereocenters. The summed E-state index contributed by atoms with van der Waals surface area (Å²) in [6, 6.07) is 6.54. The van der Waals surface area contributed by atoms with Crippen LogP contribution >= 0.6 is 0 Å². The SMILES string of the molecule is COCCOC(C)C(=O)Nc1ccccc1O. The van der Waals surface area contributed by atoms with Gasteiger partial charge in [-0.1, -0.05) is 12.1 Å². The number of nitrogens with one attached hydrogen (secondary N) is 1. The van der Waals surface area contributed by atoms with Gasteiger partial charge in [0, 0.05) is 7.11 Å². The molecule has 1 amide bonds. The van der Waals surface area contributed by atoms with Crippen LogP contribution in [0.4, 0.5) is 5.69 Å². The summed E-state index contributed by atoms with van der Waals surface area (Å²) >= 11 is 0. The number of phenolic OH excluding ortho intramolecular Hbond substituents is 1. The van der Waals surface area contributed by atoms with Gasteiger partial charge in [0.25, 0.3) is 5.91 Å². The maximum absolute atomic E-state index is 11.7. The molecule has 94 valence electrons. The van der Waals surface area contributed by atoms with E-state index in [1.807, 2.05) is 0 Å². The summed E-state index contributed by atoms with van der Waals surface area (Å²) in [7, 11) is 1.57. The van der Waals surface area contributed by atoms with E-state index in [0.717, 1.165) is 0 Å². The van der Waals surface area contributed by atoms with Crippen LogP contribution in [0.5, 0.6) is 5.75 Å². The average molecular weight is 239 g/mol. The maximum Gasteiger partial charge on any atom is 0.253 e. The topological polar surface area (TPSA) is 67.8 Å². The first-order valence-electron chi connectivity index (χ1n) is 5.34. The molecule has 0 fully saturated rings. The van der Waals surface area contributed by atoms with Crippen LogP contribution in [0.15, 0.2) is 24.3 Å². The zero-order chi connectivity index (χ0) is 12.7. The third-order valence-electron chi connectivity index (χ3n) is 2.19. The number of benzene rings is 1. The van der Waals surface area contributed by atoms with Crippen molar-refractivity contribution in [2.45, 2.75) is 13.0 Å². The van der Waals surface area contributed by atoms with E-state index in [2.05, 4.69) is 5.32 Å². The van der Waals surface area contributed by atoms with Crippen LogP contribution in [-0.4, -0.2) is 37.4 Å². The van der Waals surface area contributed by atoms with Gasteiger partial charge in [-0.25, -0.2) is 0 Å². The molecule has 1 aromatic rings. The van der Waals surface area contributed by atoms with Crippen LogP contribution in [0, 0.1) is 0 Å². The van der Waals surface area contributed by atoms with E-state index in [1.54, 1.807) is 32.2 Å². The largest absolute Gasteiger partial charge is 0.506 e. The van der Waals surface area contributed by atoms with E-state index in [1.165, 1.54) is 6.07 Å². The molecule has 17 heavy (non-hydrogen) atoms. The van der Waals surface area contributed by atoms with Gasteiger partial charge in [0.05, 0.1) is 18.9 Å². The second-order valence-corrected chi connectivity index (χ2v) is 3.51. The van der Waals surface area contributed by atoms with Crippen LogP contribution in [0.2, 0.25) is 0 Å². The molecular formula is C12H17NO4. The summed E-state index contributed by atoms with van der Waals surface area (Å²) in [5, 5.41) is 12.1. The van der Waals surface area contributed by atoms with Gasteiger partial charge >= 0.3 is 0 Å². The highest BCUT2D eigenvalue weighted by Crippen LogP contribution is 2.21. The smallest absolute Gasteiger partial charge is 0.253 e. The molecule has 0 heterocycles. The number of hydrogen-bond donors (Lipinski definition) is 2. The van der Waals surface area contributed by atoms with Gasteiger partial charge < -0.3 is 19.9 Å². The number of methoxy groups -OCH3 is 1. The Bertz CT molecular complexity index is 367. The van der Waals surface area contributed by atoms with Crippen molar-refractivity contribution < 1.29 is 19.4 Å². The summed E-state index contributed by atoms with van der Waals surface area (Å²) in [6.07, 6.45) is -0.593. The number of anilines is 1. The maximum atomic E-state index is 11.7. The lowest BCUT2D eigenvalue weighted by Gasteiger charge is -2.13. The number of carbonyl (C=O) groups excluding carboxylic acids is 1. The highest BCUT2D eigenvalue weighted by atomic mass is 16.5. The predicted molar refractivity (Wildman–Crippen MR) is 64.0 cm³/mol. The number of phenols is 1. The van der Waals surface area contributed by atoms with Crippen LogP contribution in [-0.2, 0) is 14.3 Å². The summed E-state index contributed by atoms with van der Waals surface area (Å²) in [6.45, 7) is 2.44. The highest BCUT2D eigenvalue weighted by Gasteiger charge is 2.14. The van der Waals surface area contributed by atoms with Gasteiger partial charge in [0.15, 0.2) is 0 Å². The number of amides is 1. The highest BCUT2D eigenvalue weighted by molar-refractivity contribution is 5.95. The molecule has 0 aliphatic rings. The Morgan fingerprint density at radius 1 is 1.41 bits per heavy atom. The normalized spacial score (nSPS) is 12.1. The molecule has 0 aromatic heterocycles. The summed E-state index contributed by atoms with van der Waals surface area (Å²) in [4.78, 5) is 11.7. The molecule has 0 aliphatic heterocycles. The van der Waals surface area contributed by atoms with Crippen molar-refractivity contribution in [3.8, 4) is 5.75 Å². The van der Waals surface area contributed by atoms with Gasteiger partial charge in [-0.05, 0) is 19.1 Å². The van der Waals surface area contributed by atoms with E-state index >= 15 is 0 Å². The molecule has 0 saturated carbocycles. The Morgan fingerprint density at radius 2 is 2.12 bits per heavy atom. The molecule has 1 rings (SSSR count). The first-order valence-corrected chi connectivity index (χ1v) is 5.34. The van der Waals surface area contributed by atoms with Crippen molar-refractivity contribution in [1.82, 2.24) is 0 Å². The number of rotatable bonds is 6. The number of carbonyl (C=O) groups is 1. The second-order valence-electron chi connectivity index (χ2n) is 3.51. The van der Waals surface area contributed by atoms with Crippen molar-refractivity contribution in [3.05, 3.63) is 24.3 Å². The minimum absolute atomic E-state index is 0.0324. The van der Waals surface area contributed by atoms with Crippen molar-refractivity contribution in [3.63, 3.8) is 0 Å². The van der Waals surface area contributed by atoms with Crippen molar-refractivity contribution in [2.75, 3.05) is 25.6 Å². The lowest BCUT2D eigenvalue weighted by Crippen LogP contribution is -2.28. The fourth-order valence-electron chi connectivity index (χ4n) is 1.20. The Kier molecular flexibility index (Phi) is 5.45. The molecule has 0 radical (unpaired) electrons. The first kappa shape index (κ1) is 13.5. The van der Waals surface area contributed by atoms with Crippen LogP contribution in [0.3, 0.4) is 0 Å². The lowest BCUT2D eigenvalue weighted by molar-refractivity contribution is -0.127. The van der Waals surface area contributed by atoms with Gasteiger partial charge in [-0.15, -0.1) is 0 Å². The minimum atomic E-state index is -0.593. The third kappa shape index (κ3) is 4.42. The Balaban J connectivity index is 2.46. The molecule has 0 bridgehead atoms. The van der Waals surface area contributed by atoms with Gasteiger partial charge in [-0.2, -0.15) is 0 Å². The molecule has 1 aromatic carbocycles. The second kappa shape index (κ2) is 6.88. The van der Waals surface area contributed by atoms with E-state index in [0.29, 0.717) is 18.9 Å². The van der Waals surface area contributed by atoms with Crippen molar-refractivity contribution in [1.29, 1.82) is 0 Å². The quantitative estimate of drug-likeness (QED) is 0.581. The summed E-state index contributed by atoms with van der Waals surface area (Å²) in [5.41, 5.74) is 0.375. The van der Waals surface area contributed by atoms with Gasteiger partial charge in [0.2, 0.25) is 0 Å². The van der Waals surface area contributed by atoms with Crippen molar-refractivity contribution >= 4 is 11.6 Å². The number of ether oxygens (including phenoxy) is 2. The zero-order valence-corrected chi connectivity index (χ0v) is 9.97. The molecule has 1 unspecified atom stereocenters. The van der Waals surface area contributed by atoms with E-state index < -0.39 is 6.10 Å². The fraction of sp³-hybridized carbons (Fsp3) is 0.417. The number of aromatic hydroxyl groups is 1. The molecule has 5 heteroatoms. The molecule has 0 spiro atoms. The minimum Gasteiger partial charge on any atom is -0.506 e. The van der Waals surface area contributed by atoms with E-state index in [-0.39, 0.29) is 11.7 Å². The Hall–Kier alpha value is -1.59. The van der Waals surface area contributed by atoms with Gasteiger partial charge in [-0.3, -0.25) is 4.79 Å². The van der Waals surface area contributed by atoms with E-state index in [4.69, 9.17) is 9.47 Å². The summed E-state index contributed by atoms with van der Waals surface area (Å²) in [5.74, 6) is -0.271. The Morgan fingerprint density at radius 3 is 2.76 bits per heavy atom. The molecule has 5 nitrogen and oxygen atoms in total. The lowest BCUT2D eigenvalue weighted by atomic mass is 10.2. The number of hydrogen-bond acceptors (Lipinski definition) is 4. The average Bonchev–Trinajstić information content (AvgIpc) is 2.32. The summed E-state index contributed by atoms with van der Waals surface area (Å²) < 4.78 is 10.1. The first-order chi connectivity index (χ1) is 8.15. The Labute approximate surface area is 100 Å². The van der Waals surface area contributed by atoms with E-state index in [9.17, 15) is 9.90 Å². The zero-order valence-electron chi connectivity index (χ0n) is 9.97. The third-order valence-corrected chi connectivity index (χ3v) is 2.19. The predicted octanol–water partition coefficient (Wildman–Crippen LogP) is 1.38. The monoisotopic (exact) mass is 239 g/mol. The fourth-order valence-corrected chi connectivity index (χ4v) is 1.20. The molecule has 2 N–H and O–H groups in total. The van der Waals surface area contributed by atoms with Crippen LogP contribution in [0.1, 0.15) is 6.92 Å².